The van der Waals surface area contributed by atoms with Gasteiger partial charge in [-0.3, -0.25) is 4.79 Å². The van der Waals surface area contributed by atoms with Gasteiger partial charge >= 0.3 is 0 Å². The molecule has 1 heterocycles. The second-order valence-electron chi connectivity index (χ2n) is 2.23. The molecule has 1 aromatic rings. The van der Waals surface area contributed by atoms with E-state index in [1.807, 2.05) is 0 Å². The van der Waals surface area contributed by atoms with Crippen molar-refractivity contribution in [2.45, 2.75) is 19.2 Å². The van der Waals surface area contributed by atoms with Gasteiger partial charge in [0.05, 0.1) is 12.3 Å². The van der Waals surface area contributed by atoms with Gasteiger partial charge in [0.1, 0.15) is 10.8 Å². The highest BCUT2D eigenvalue weighted by atomic mass is 35.5. The lowest BCUT2D eigenvalue weighted by Gasteiger charge is -1.86. The molecule has 0 saturated carbocycles. The summed E-state index contributed by atoms with van der Waals surface area (Å²) in [6, 6.07) is 0. The summed E-state index contributed by atoms with van der Waals surface area (Å²) in [7, 11) is 0. The number of aromatic nitrogens is 1. The van der Waals surface area contributed by atoms with Gasteiger partial charge in [0.2, 0.25) is 0 Å². The topological polar surface area (TPSA) is 30.0 Å². The van der Waals surface area contributed by atoms with Crippen molar-refractivity contribution >= 4 is 28.7 Å². The molecule has 0 fully saturated rings. The van der Waals surface area contributed by atoms with Crippen LogP contribution < -0.4 is 0 Å². The second kappa shape index (κ2) is 3.83. The van der Waals surface area contributed by atoms with Crippen LogP contribution in [0, 0.1) is 0 Å². The van der Waals surface area contributed by atoms with Gasteiger partial charge in [-0.25, -0.2) is 4.98 Å². The van der Waals surface area contributed by atoms with Crippen molar-refractivity contribution < 1.29 is 4.79 Å². The minimum absolute atomic E-state index is 0.139. The summed E-state index contributed by atoms with van der Waals surface area (Å²) in [6.07, 6.45) is 2.15. The van der Waals surface area contributed by atoms with E-state index in [2.05, 4.69) is 4.98 Å². The Morgan fingerprint density at radius 3 is 3.00 bits per heavy atom. The van der Waals surface area contributed by atoms with E-state index in [1.54, 1.807) is 13.1 Å². The molecule has 0 bridgehead atoms. The summed E-state index contributed by atoms with van der Waals surface area (Å²) in [4.78, 5) is 15.7. The van der Waals surface area contributed by atoms with Crippen molar-refractivity contribution in [2.75, 3.05) is 0 Å². The van der Waals surface area contributed by atoms with Gasteiger partial charge in [-0.2, -0.15) is 0 Å². The quantitative estimate of drug-likeness (QED) is 0.681. The fourth-order valence-corrected chi connectivity index (χ4v) is 1.78. The Hall–Kier alpha value is -0.410. The van der Waals surface area contributed by atoms with Crippen molar-refractivity contribution in [1.82, 2.24) is 4.98 Å². The lowest BCUT2D eigenvalue weighted by atomic mass is 10.3. The molecule has 4 heteroatoms. The minimum Gasteiger partial charge on any atom is -0.300 e. The van der Waals surface area contributed by atoms with E-state index in [4.69, 9.17) is 11.6 Å². The molecule has 0 radical (unpaired) electrons. The fourth-order valence-electron chi connectivity index (χ4n) is 0.704. The Balaban J connectivity index is 2.65. The highest BCUT2D eigenvalue weighted by molar-refractivity contribution is 7.11. The lowest BCUT2D eigenvalue weighted by molar-refractivity contribution is -0.116. The van der Waals surface area contributed by atoms with Crippen LogP contribution in [-0.4, -0.2) is 10.8 Å². The van der Waals surface area contributed by atoms with Crippen LogP contribution in [-0.2, 0) is 17.1 Å². The van der Waals surface area contributed by atoms with Crippen LogP contribution in [0.4, 0.5) is 0 Å². The molecule has 2 nitrogen and oxygen atoms in total. The molecule has 0 spiro atoms. The third-order valence-electron chi connectivity index (χ3n) is 1.13. The molecule has 0 aliphatic rings. The number of hydrogen-bond acceptors (Lipinski definition) is 3. The number of alkyl halides is 1. The van der Waals surface area contributed by atoms with E-state index in [1.165, 1.54) is 11.3 Å². The largest absolute Gasteiger partial charge is 0.300 e. The molecule has 1 aromatic heterocycles. The summed E-state index contributed by atoms with van der Waals surface area (Å²) in [5.41, 5.74) is 0. The van der Waals surface area contributed by atoms with Gasteiger partial charge in [0.25, 0.3) is 0 Å². The zero-order chi connectivity index (χ0) is 8.27. The number of thiazole rings is 1. The lowest BCUT2D eigenvalue weighted by Crippen LogP contribution is -1.94. The number of rotatable bonds is 3. The first-order valence-corrected chi connectivity index (χ1v) is 4.56. The van der Waals surface area contributed by atoms with Gasteiger partial charge < -0.3 is 0 Å². The Labute approximate surface area is 74.2 Å². The molecule has 0 aromatic carbocycles. The molecule has 11 heavy (non-hydrogen) atoms. The maximum absolute atomic E-state index is 10.6. The third kappa shape index (κ3) is 2.60. The predicted molar refractivity (Wildman–Crippen MR) is 46.1 cm³/mol. The van der Waals surface area contributed by atoms with Gasteiger partial charge in [-0.1, -0.05) is 0 Å². The molecule has 0 amide bonds. The molecular formula is C7H8ClNOS. The summed E-state index contributed by atoms with van der Waals surface area (Å²) >= 11 is 7.06. The van der Waals surface area contributed by atoms with Crippen molar-refractivity contribution in [3.8, 4) is 0 Å². The summed E-state index contributed by atoms with van der Waals surface area (Å²) in [5, 5.41) is 0.855. The molecule has 0 N–H and O–H groups in total. The minimum atomic E-state index is 0.139. The number of carbonyl (C=O) groups excluding carboxylic acids is 1. The average Bonchev–Trinajstić information content (AvgIpc) is 2.34. The van der Waals surface area contributed by atoms with E-state index in [0.29, 0.717) is 12.3 Å². The van der Waals surface area contributed by atoms with E-state index in [-0.39, 0.29) is 5.78 Å². The monoisotopic (exact) mass is 189 g/mol. The Morgan fingerprint density at radius 2 is 2.55 bits per heavy atom. The van der Waals surface area contributed by atoms with Crippen molar-refractivity contribution in [2.24, 2.45) is 0 Å². The zero-order valence-corrected chi connectivity index (χ0v) is 7.71. The smallest absolute Gasteiger partial charge is 0.136 e. The van der Waals surface area contributed by atoms with E-state index in [0.717, 1.165) is 9.88 Å². The molecule has 60 valence electrons. The van der Waals surface area contributed by atoms with Gasteiger partial charge in [-0.15, -0.1) is 22.9 Å². The fraction of sp³-hybridized carbons (Fsp3) is 0.429. The van der Waals surface area contributed by atoms with Crippen LogP contribution in [0.2, 0.25) is 0 Å². The third-order valence-corrected chi connectivity index (χ3v) is 2.58. The van der Waals surface area contributed by atoms with E-state index < -0.39 is 0 Å². The maximum atomic E-state index is 10.6. The first kappa shape index (κ1) is 8.68. The molecule has 0 aliphatic heterocycles. The molecular weight excluding hydrogens is 182 g/mol. The van der Waals surface area contributed by atoms with Crippen molar-refractivity contribution in [3.05, 3.63) is 16.1 Å². The van der Waals surface area contributed by atoms with Crippen LogP contribution in [0.15, 0.2) is 6.20 Å². The Bertz CT molecular complexity index is 259. The SMILES string of the molecule is CC(=O)Cc1ncc(CCl)s1. The van der Waals surface area contributed by atoms with E-state index >= 15 is 0 Å². The summed E-state index contributed by atoms with van der Waals surface area (Å²) in [5.74, 6) is 0.621. The van der Waals surface area contributed by atoms with Gasteiger partial charge in [0.15, 0.2) is 0 Å². The number of halogens is 1. The molecule has 0 atom stereocenters. The van der Waals surface area contributed by atoms with Crippen LogP contribution >= 0.6 is 22.9 Å². The number of hydrogen-bond donors (Lipinski definition) is 0. The number of carbonyl (C=O) groups is 1. The maximum Gasteiger partial charge on any atom is 0.136 e. The van der Waals surface area contributed by atoms with Crippen LogP contribution in [0.3, 0.4) is 0 Å². The molecule has 0 aliphatic carbocycles. The Morgan fingerprint density at radius 1 is 1.82 bits per heavy atom. The average molecular weight is 190 g/mol. The molecule has 0 saturated heterocycles. The van der Waals surface area contributed by atoms with Crippen LogP contribution in [0.5, 0.6) is 0 Å². The van der Waals surface area contributed by atoms with Crippen molar-refractivity contribution in [3.63, 3.8) is 0 Å². The van der Waals surface area contributed by atoms with Gasteiger partial charge in [-0.05, 0) is 6.92 Å². The highest BCUT2D eigenvalue weighted by Gasteiger charge is 2.02. The molecule has 0 unspecified atom stereocenters. The molecule has 1 rings (SSSR count). The standard InChI is InChI=1S/C7H8ClNOS/c1-5(10)2-7-9-4-6(3-8)11-7/h4H,2-3H2,1H3. The Kier molecular flexibility index (Phi) is 3.02. The van der Waals surface area contributed by atoms with E-state index in [9.17, 15) is 4.79 Å². The first-order valence-electron chi connectivity index (χ1n) is 3.21. The second-order valence-corrected chi connectivity index (χ2v) is 3.70. The number of nitrogens with zero attached hydrogens (tertiary/aromatic N) is 1. The van der Waals surface area contributed by atoms with Gasteiger partial charge in [0, 0.05) is 11.1 Å². The number of ketones is 1. The predicted octanol–water partition coefficient (Wildman–Crippen LogP) is 2.01. The first-order chi connectivity index (χ1) is 5.22. The normalized spacial score (nSPS) is 10.0. The van der Waals surface area contributed by atoms with Crippen LogP contribution in [0.1, 0.15) is 16.8 Å². The summed E-state index contributed by atoms with van der Waals surface area (Å²) < 4.78 is 0. The zero-order valence-electron chi connectivity index (χ0n) is 6.13. The highest BCUT2D eigenvalue weighted by Crippen LogP contribution is 2.15. The summed E-state index contributed by atoms with van der Waals surface area (Å²) in [6.45, 7) is 1.56. The van der Waals surface area contributed by atoms with Crippen LogP contribution in [0.25, 0.3) is 0 Å². The van der Waals surface area contributed by atoms with Crippen molar-refractivity contribution in [1.29, 1.82) is 0 Å². The number of Topliss-reactive ketones (excluding diaryl/α,β-unsaturated/α-hetero) is 1.